The number of hydrogen-bond acceptors (Lipinski definition) is 3. The molecule has 0 spiro atoms. The van der Waals surface area contributed by atoms with Gasteiger partial charge < -0.3 is 8.54 Å². The zero-order valence-corrected chi connectivity index (χ0v) is 20.6. The van der Waals surface area contributed by atoms with E-state index in [9.17, 15) is 4.79 Å². The Hall–Kier alpha value is -3.52. The van der Waals surface area contributed by atoms with Crippen LogP contribution < -0.4 is 20.7 Å². The molecule has 0 aliphatic carbocycles. The van der Waals surface area contributed by atoms with Crippen LogP contribution in [0, 0.1) is 0 Å². The van der Waals surface area contributed by atoms with Crippen LogP contribution in [0.25, 0.3) is 0 Å². The van der Waals surface area contributed by atoms with E-state index in [1.165, 1.54) is 6.92 Å². The molecule has 164 valence electrons. The topological polar surface area (TPSA) is 35.5 Å². The summed E-state index contributed by atoms with van der Waals surface area (Å²) < 4.78 is 13.4. The van der Waals surface area contributed by atoms with Gasteiger partial charge in [0.1, 0.15) is 0 Å². The van der Waals surface area contributed by atoms with Crippen LogP contribution in [-0.2, 0) is 13.3 Å². The van der Waals surface area contributed by atoms with Gasteiger partial charge in [0.2, 0.25) is 0 Å². The quantitative estimate of drug-likeness (QED) is 0.295. The van der Waals surface area contributed by atoms with Gasteiger partial charge in [-0.1, -0.05) is 121 Å². The van der Waals surface area contributed by atoms with E-state index >= 15 is 0 Å². The maximum atomic E-state index is 12.4. The van der Waals surface area contributed by atoms with Gasteiger partial charge in [-0.3, -0.25) is 4.79 Å². The molecular weight excluding hydrogens is 440 g/mol. The van der Waals surface area contributed by atoms with Gasteiger partial charge in [0.15, 0.2) is 0 Å². The van der Waals surface area contributed by atoms with Gasteiger partial charge in [0, 0.05) is 12.1 Å². The molecule has 5 heteroatoms. The molecule has 0 saturated heterocycles. The Bertz CT molecular complexity index is 1100. The first-order chi connectivity index (χ1) is 16.1. The molecule has 0 aliphatic heterocycles. The summed E-state index contributed by atoms with van der Waals surface area (Å²) in [5.74, 6) is -0.387. The highest BCUT2D eigenvalue weighted by Crippen LogP contribution is 2.19. The van der Waals surface area contributed by atoms with E-state index in [2.05, 4.69) is 43.0 Å². The highest BCUT2D eigenvalue weighted by molar-refractivity contribution is 7.12. The van der Waals surface area contributed by atoms with Crippen LogP contribution in [-0.4, -0.2) is 22.8 Å². The lowest BCUT2D eigenvalue weighted by Crippen LogP contribution is -2.75. The molecule has 4 aromatic rings. The molecule has 0 fully saturated rings. The van der Waals surface area contributed by atoms with Crippen LogP contribution in [0.3, 0.4) is 0 Å². The number of benzene rings is 4. The van der Waals surface area contributed by atoms with Crippen LogP contribution in [0.1, 0.15) is 6.92 Å². The van der Waals surface area contributed by atoms with Gasteiger partial charge in [0.25, 0.3) is 14.3 Å². The van der Waals surface area contributed by atoms with Crippen molar-refractivity contribution in [2.24, 2.45) is 0 Å². The van der Waals surface area contributed by atoms with E-state index in [1.54, 1.807) is 5.70 Å². The maximum absolute atomic E-state index is 12.4. The summed E-state index contributed by atoms with van der Waals surface area (Å²) in [4.78, 5) is 12.4. The second-order valence-corrected chi connectivity index (χ2v) is 14.1. The molecule has 0 amide bonds. The zero-order chi connectivity index (χ0) is 23.2. The van der Waals surface area contributed by atoms with Gasteiger partial charge in [-0.2, -0.15) is 0 Å². The summed E-state index contributed by atoms with van der Waals surface area (Å²) in [5, 5.41) is 4.06. The van der Waals surface area contributed by atoms with Crippen LogP contribution in [0.5, 0.6) is 0 Å². The third-order valence-electron chi connectivity index (χ3n) is 5.59. The Labute approximate surface area is 197 Å². The minimum Gasteiger partial charge on any atom is -0.488 e. The van der Waals surface area contributed by atoms with E-state index < -0.39 is 16.9 Å². The van der Waals surface area contributed by atoms with Crippen molar-refractivity contribution in [2.75, 3.05) is 0 Å². The SMILES string of the molecule is C=C[Si](OC(C)=O)(O[Si](c1ccccc1)(c1ccccc1)c1ccccc1)c1ccccc1. The van der Waals surface area contributed by atoms with E-state index in [-0.39, 0.29) is 5.97 Å². The lowest BCUT2D eigenvalue weighted by molar-refractivity contribution is -0.133. The summed E-state index contributed by atoms with van der Waals surface area (Å²) in [7, 11) is -6.53. The second-order valence-electron chi connectivity index (χ2n) is 7.71. The summed E-state index contributed by atoms with van der Waals surface area (Å²) in [6.07, 6.45) is 0. The molecule has 1 atom stereocenters. The van der Waals surface area contributed by atoms with Gasteiger partial charge in [-0.25, -0.2) is 0 Å². The van der Waals surface area contributed by atoms with Crippen LogP contribution in [0.4, 0.5) is 0 Å². The lowest BCUT2D eigenvalue weighted by atomic mass is 10.3. The smallest absolute Gasteiger partial charge is 0.452 e. The van der Waals surface area contributed by atoms with Gasteiger partial charge in [-0.05, 0) is 21.3 Å². The predicted octanol–water partition coefficient (Wildman–Crippen LogP) is 3.31. The number of carbonyl (C=O) groups is 1. The minimum absolute atomic E-state index is 0.387. The highest BCUT2D eigenvalue weighted by Gasteiger charge is 2.52. The fourth-order valence-electron chi connectivity index (χ4n) is 4.15. The third kappa shape index (κ3) is 4.52. The van der Waals surface area contributed by atoms with Gasteiger partial charge in [-0.15, -0.1) is 6.58 Å². The Kier molecular flexibility index (Phi) is 6.84. The molecule has 0 saturated carbocycles. The van der Waals surface area contributed by atoms with Crippen molar-refractivity contribution in [3.05, 3.63) is 134 Å². The Morgan fingerprint density at radius 1 is 0.636 bits per heavy atom. The maximum Gasteiger partial charge on any atom is 0.452 e. The molecular formula is C28H26O3Si2. The van der Waals surface area contributed by atoms with Crippen molar-refractivity contribution in [1.29, 1.82) is 0 Å². The molecule has 0 radical (unpaired) electrons. The van der Waals surface area contributed by atoms with E-state index in [0.29, 0.717) is 0 Å². The van der Waals surface area contributed by atoms with Crippen molar-refractivity contribution < 1.29 is 13.3 Å². The number of carbonyl (C=O) groups excluding carboxylic acids is 1. The van der Waals surface area contributed by atoms with Crippen LogP contribution >= 0.6 is 0 Å². The van der Waals surface area contributed by atoms with Crippen LogP contribution in [0.2, 0.25) is 0 Å². The molecule has 0 bridgehead atoms. The molecule has 4 rings (SSSR count). The van der Waals surface area contributed by atoms with Crippen molar-refractivity contribution in [2.45, 2.75) is 6.92 Å². The first kappa shape index (κ1) is 22.7. The number of hydrogen-bond donors (Lipinski definition) is 0. The summed E-state index contributed by atoms with van der Waals surface area (Å²) in [6, 6.07) is 40.5. The predicted molar refractivity (Wildman–Crippen MR) is 139 cm³/mol. The van der Waals surface area contributed by atoms with Crippen molar-refractivity contribution in [3.63, 3.8) is 0 Å². The zero-order valence-electron chi connectivity index (χ0n) is 18.6. The van der Waals surface area contributed by atoms with E-state index in [0.717, 1.165) is 20.7 Å². The first-order valence-electron chi connectivity index (χ1n) is 10.9. The molecule has 3 nitrogen and oxygen atoms in total. The minimum atomic E-state index is -3.42. The van der Waals surface area contributed by atoms with Crippen molar-refractivity contribution in [1.82, 2.24) is 0 Å². The van der Waals surface area contributed by atoms with Crippen molar-refractivity contribution in [3.8, 4) is 0 Å². The molecule has 1 unspecified atom stereocenters. The second kappa shape index (κ2) is 9.96. The summed E-state index contributed by atoms with van der Waals surface area (Å²) >= 11 is 0. The Morgan fingerprint density at radius 3 is 1.27 bits per heavy atom. The molecule has 0 heterocycles. The van der Waals surface area contributed by atoms with E-state index in [1.807, 2.05) is 84.9 Å². The van der Waals surface area contributed by atoms with Gasteiger partial charge >= 0.3 is 8.56 Å². The largest absolute Gasteiger partial charge is 0.488 e. The van der Waals surface area contributed by atoms with Gasteiger partial charge in [0.05, 0.1) is 0 Å². The lowest BCUT2D eigenvalue weighted by Gasteiger charge is -2.40. The van der Waals surface area contributed by atoms with Crippen LogP contribution in [0.15, 0.2) is 134 Å². The normalized spacial score (nSPS) is 13.0. The highest BCUT2D eigenvalue weighted by atomic mass is 28.4. The average Bonchev–Trinajstić information content (AvgIpc) is 2.88. The number of rotatable bonds is 8. The third-order valence-corrected chi connectivity index (χ3v) is 13.7. The molecule has 4 aromatic carbocycles. The summed E-state index contributed by atoms with van der Waals surface area (Å²) in [5.41, 5.74) is 1.72. The van der Waals surface area contributed by atoms with E-state index in [4.69, 9.17) is 8.54 Å². The Morgan fingerprint density at radius 2 is 0.970 bits per heavy atom. The monoisotopic (exact) mass is 466 g/mol. The van der Waals surface area contributed by atoms with Crippen molar-refractivity contribution >= 4 is 43.6 Å². The first-order valence-corrected chi connectivity index (χ1v) is 14.7. The standard InChI is InChI=1S/C28H26O3Si2/c1-3-32(30-24(2)29,25-16-8-4-9-17-25)31-33(26-18-10-5-11-19-26,27-20-12-6-13-21-27)28-22-14-7-15-23-28/h3-23H,1H2,2H3. The molecule has 33 heavy (non-hydrogen) atoms. The Balaban J connectivity index is 2.06. The molecule has 0 N–H and O–H groups in total. The fourth-order valence-corrected chi connectivity index (χ4v) is 12.9. The molecule has 0 aromatic heterocycles. The summed E-state index contributed by atoms with van der Waals surface area (Å²) in [6.45, 7) is 5.53. The average molecular weight is 467 g/mol. The fraction of sp³-hybridized carbons (Fsp3) is 0.0357. The molecule has 0 aliphatic rings.